The summed E-state index contributed by atoms with van der Waals surface area (Å²) in [6.07, 6.45) is 1.30. The average molecular weight is 491 g/mol. The van der Waals surface area contributed by atoms with E-state index in [1.54, 1.807) is 0 Å². The Bertz CT molecular complexity index is 1360. The summed E-state index contributed by atoms with van der Waals surface area (Å²) in [5.74, 6) is -1.22. The van der Waals surface area contributed by atoms with Crippen LogP contribution in [0.15, 0.2) is 70.3 Å². The van der Waals surface area contributed by atoms with Crippen LogP contribution in [0.25, 0.3) is 0 Å². The zero-order valence-electron chi connectivity index (χ0n) is 20.4. The van der Waals surface area contributed by atoms with Crippen molar-refractivity contribution in [2.24, 2.45) is 5.92 Å². The first-order valence-electron chi connectivity index (χ1n) is 11.9. The number of benzene rings is 2. The third-order valence-electron chi connectivity index (χ3n) is 6.31. The number of H-pyrrole nitrogens is 1. The minimum Gasteiger partial charge on any atom is -0.455 e. The minimum absolute atomic E-state index is 0.0305. The molecule has 36 heavy (non-hydrogen) atoms. The molecule has 1 saturated carbocycles. The zero-order chi connectivity index (χ0) is 25.9. The number of nitrogens with two attached hydrogens (primary N) is 1. The number of hydrogen-bond donors (Lipinski definition) is 2. The van der Waals surface area contributed by atoms with Gasteiger partial charge in [-0.3, -0.25) is 23.9 Å². The molecule has 1 aliphatic rings. The molecule has 0 aliphatic heterocycles. The molecular weight excluding hydrogens is 460 g/mol. The SMILES string of the molecule is CC(C)CN(C(=O)COC(=O)C1(c2ccccc2)CC1)c1c(N)n(Cc2ccccc2)c(=O)[nH]c1=O. The highest BCUT2D eigenvalue weighted by Gasteiger charge is 2.52. The molecule has 0 bridgehead atoms. The predicted molar refractivity (Wildman–Crippen MR) is 137 cm³/mol. The molecule has 1 aromatic heterocycles. The standard InChI is InChI=1S/C27H30N4O5/c1-18(2)15-30(21(32)17-36-25(34)27(13-14-27)20-11-7-4-8-12-20)22-23(28)31(26(35)29-24(22)33)16-19-9-5-3-6-10-19/h3-12,18H,13-17,28H2,1-2H3,(H,29,33,35). The maximum Gasteiger partial charge on any atom is 0.330 e. The molecule has 2 aromatic carbocycles. The molecule has 9 nitrogen and oxygen atoms in total. The highest BCUT2D eigenvalue weighted by atomic mass is 16.5. The Kier molecular flexibility index (Phi) is 7.10. The maximum absolute atomic E-state index is 13.3. The lowest BCUT2D eigenvalue weighted by Crippen LogP contribution is -2.44. The molecule has 4 rings (SSSR count). The summed E-state index contributed by atoms with van der Waals surface area (Å²) in [6.45, 7) is 3.48. The highest BCUT2D eigenvalue weighted by molar-refractivity contribution is 5.98. The predicted octanol–water partition coefficient (Wildman–Crippen LogP) is 2.43. The Morgan fingerprint density at radius 3 is 2.25 bits per heavy atom. The number of rotatable bonds is 9. The summed E-state index contributed by atoms with van der Waals surface area (Å²) >= 11 is 0. The fraction of sp³-hybridized carbons (Fsp3) is 0.333. The van der Waals surface area contributed by atoms with E-state index < -0.39 is 35.1 Å². The van der Waals surface area contributed by atoms with Crippen molar-refractivity contribution in [1.82, 2.24) is 9.55 Å². The van der Waals surface area contributed by atoms with Gasteiger partial charge in [0.25, 0.3) is 11.5 Å². The van der Waals surface area contributed by atoms with E-state index >= 15 is 0 Å². The molecule has 0 spiro atoms. The van der Waals surface area contributed by atoms with Gasteiger partial charge in [-0.1, -0.05) is 74.5 Å². The van der Waals surface area contributed by atoms with Crippen molar-refractivity contribution < 1.29 is 14.3 Å². The van der Waals surface area contributed by atoms with Crippen molar-refractivity contribution >= 4 is 23.4 Å². The first-order chi connectivity index (χ1) is 17.2. The molecule has 1 fully saturated rings. The molecule has 0 radical (unpaired) electrons. The van der Waals surface area contributed by atoms with Gasteiger partial charge in [0.2, 0.25) is 0 Å². The number of ether oxygens (including phenoxy) is 1. The van der Waals surface area contributed by atoms with E-state index in [-0.39, 0.29) is 30.5 Å². The number of amides is 1. The van der Waals surface area contributed by atoms with Gasteiger partial charge >= 0.3 is 11.7 Å². The summed E-state index contributed by atoms with van der Waals surface area (Å²) in [7, 11) is 0. The third-order valence-corrected chi connectivity index (χ3v) is 6.31. The number of anilines is 2. The van der Waals surface area contributed by atoms with Crippen LogP contribution in [0.5, 0.6) is 0 Å². The smallest absolute Gasteiger partial charge is 0.330 e. The van der Waals surface area contributed by atoms with Crippen molar-refractivity contribution in [3.05, 3.63) is 92.6 Å². The van der Waals surface area contributed by atoms with Crippen molar-refractivity contribution in [1.29, 1.82) is 0 Å². The van der Waals surface area contributed by atoms with Gasteiger partial charge in [0.1, 0.15) is 5.82 Å². The molecule has 1 amide bonds. The van der Waals surface area contributed by atoms with Gasteiger partial charge < -0.3 is 15.4 Å². The van der Waals surface area contributed by atoms with Crippen LogP contribution in [0.4, 0.5) is 11.5 Å². The molecule has 0 atom stereocenters. The first-order valence-corrected chi connectivity index (χ1v) is 11.9. The van der Waals surface area contributed by atoms with Crippen molar-refractivity contribution in [2.75, 3.05) is 23.8 Å². The van der Waals surface area contributed by atoms with Gasteiger partial charge in [0.15, 0.2) is 12.3 Å². The van der Waals surface area contributed by atoms with Crippen LogP contribution in [-0.4, -0.2) is 34.6 Å². The van der Waals surface area contributed by atoms with Crippen molar-refractivity contribution in [2.45, 2.75) is 38.6 Å². The Labute approximate surface area is 208 Å². The summed E-state index contributed by atoms with van der Waals surface area (Å²) in [4.78, 5) is 55.1. The maximum atomic E-state index is 13.3. The zero-order valence-corrected chi connectivity index (χ0v) is 20.4. The normalized spacial score (nSPS) is 13.9. The lowest BCUT2D eigenvalue weighted by atomic mass is 9.96. The largest absolute Gasteiger partial charge is 0.455 e. The van der Waals surface area contributed by atoms with E-state index in [2.05, 4.69) is 4.98 Å². The number of aromatic amines is 1. The van der Waals surface area contributed by atoms with E-state index in [0.29, 0.717) is 12.8 Å². The van der Waals surface area contributed by atoms with Gasteiger partial charge in [-0.25, -0.2) is 4.79 Å². The van der Waals surface area contributed by atoms with Crippen molar-refractivity contribution in [3.8, 4) is 0 Å². The summed E-state index contributed by atoms with van der Waals surface area (Å²) in [6, 6.07) is 18.5. The lowest BCUT2D eigenvalue weighted by Gasteiger charge is -2.26. The van der Waals surface area contributed by atoms with Crippen LogP contribution in [0.3, 0.4) is 0 Å². The van der Waals surface area contributed by atoms with Crippen molar-refractivity contribution in [3.63, 3.8) is 0 Å². The van der Waals surface area contributed by atoms with Gasteiger partial charge in [0, 0.05) is 6.54 Å². The number of nitrogens with zero attached hydrogens (tertiary/aromatic N) is 2. The third kappa shape index (κ3) is 5.10. The van der Waals surface area contributed by atoms with Gasteiger partial charge in [-0.05, 0) is 29.9 Å². The minimum atomic E-state index is -0.773. The fourth-order valence-electron chi connectivity index (χ4n) is 4.28. The van der Waals surface area contributed by atoms with E-state index in [1.807, 2.05) is 74.5 Å². The molecule has 3 N–H and O–H groups in total. The Morgan fingerprint density at radius 1 is 1.06 bits per heavy atom. The molecule has 3 aromatic rings. The van der Waals surface area contributed by atoms with Gasteiger partial charge in [-0.2, -0.15) is 0 Å². The number of nitrogens with one attached hydrogen (secondary N) is 1. The quantitative estimate of drug-likeness (QED) is 0.444. The molecule has 1 aliphatic carbocycles. The summed E-state index contributed by atoms with van der Waals surface area (Å²) < 4.78 is 6.66. The van der Waals surface area contributed by atoms with Crippen LogP contribution in [0.2, 0.25) is 0 Å². The van der Waals surface area contributed by atoms with Crippen LogP contribution in [0.1, 0.15) is 37.8 Å². The van der Waals surface area contributed by atoms with E-state index in [9.17, 15) is 19.2 Å². The molecule has 9 heteroatoms. The van der Waals surface area contributed by atoms with E-state index in [4.69, 9.17) is 10.5 Å². The van der Waals surface area contributed by atoms with Crippen LogP contribution in [-0.2, 0) is 26.3 Å². The monoisotopic (exact) mass is 490 g/mol. The lowest BCUT2D eigenvalue weighted by molar-refractivity contribution is -0.150. The molecule has 1 heterocycles. The number of esters is 1. The highest BCUT2D eigenvalue weighted by Crippen LogP contribution is 2.49. The molecule has 0 saturated heterocycles. The summed E-state index contributed by atoms with van der Waals surface area (Å²) in [5.41, 5.74) is 5.64. The van der Waals surface area contributed by atoms with E-state index in [1.165, 1.54) is 9.47 Å². The Balaban J connectivity index is 1.59. The van der Waals surface area contributed by atoms with Crippen LogP contribution >= 0.6 is 0 Å². The molecule has 0 unspecified atom stereocenters. The summed E-state index contributed by atoms with van der Waals surface area (Å²) in [5, 5.41) is 0. The van der Waals surface area contributed by atoms with Gasteiger partial charge in [0.05, 0.1) is 12.0 Å². The number of aromatic nitrogens is 2. The Hall–Kier alpha value is -4.14. The average Bonchev–Trinajstić information content (AvgIpc) is 3.67. The number of hydrogen-bond acceptors (Lipinski definition) is 6. The van der Waals surface area contributed by atoms with E-state index in [0.717, 1.165) is 11.1 Å². The second kappa shape index (κ2) is 10.2. The number of carbonyl (C=O) groups is 2. The Morgan fingerprint density at radius 2 is 1.67 bits per heavy atom. The fourth-order valence-corrected chi connectivity index (χ4v) is 4.28. The van der Waals surface area contributed by atoms with Crippen LogP contribution in [0, 0.1) is 5.92 Å². The number of carbonyl (C=O) groups excluding carboxylic acids is 2. The topological polar surface area (TPSA) is 127 Å². The van der Waals surface area contributed by atoms with Gasteiger partial charge in [-0.15, -0.1) is 0 Å². The molecule has 188 valence electrons. The second-order valence-corrected chi connectivity index (χ2v) is 9.49. The first kappa shape index (κ1) is 25.0. The second-order valence-electron chi connectivity index (χ2n) is 9.49. The van der Waals surface area contributed by atoms with Crippen LogP contribution < -0.4 is 21.9 Å². The molecular formula is C27H30N4O5. The number of nitrogen functional groups attached to an aromatic ring is 1.